The molecule has 0 aliphatic heterocycles. The Balaban J connectivity index is 1.35. The largest absolute Gasteiger partial charge is 0.493 e. The van der Waals surface area contributed by atoms with Crippen LogP contribution in [0.5, 0.6) is 11.5 Å². The number of benzene rings is 4. The maximum Gasteiger partial charge on any atom is 0.282 e. The first kappa shape index (κ1) is 30.5. The lowest BCUT2D eigenvalue weighted by atomic mass is 10.1. The van der Waals surface area contributed by atoms with Gasteiger partial charge in [0.05, 0.1) is 24.2 Å². The molecule has 0 saturated carbocycles. The van der Waals surface area contributed by atoms with Gasteiger partial charge >= 0.3 is 0 Å². The molecule has 0 atom stereocenters. The summed E-state index contributed by atoms with van der Waals surface area (Å²) in [4.78, 5) is 31.1. The number of halogens is 1. The molecule has 1 amide bonds. The van der Waals surface area contributed by atoms with Gasteiger partial charge in [-0.1, -0.05) is 51.8 Å². The number of fused-ring (bicyclic) bond motifs is 2. The molecule has 2 heterocycles. The summed E-state index contributed by atoms with van der Waals surface area (Å²) in [6.45, 7) is 5.62. The van der Waals surface area contributed by atoms with E-state index in [0.29, 0.717) is 51.4 Å². The van der Waals surface area contributed by atoms with E-state index in [1.165, 1.54) is 11.8 Å². The predicted octanol–water partition coefficient (Wildman–Crippen LogP) is 7.52. The number of furan rings is 1. The fourth-order valence-electron chi connectivity index (χ4n) is 4.99. The number of amides is 1. The molecule has 230 valence electrons. The van der Waals surface area contributed by atoms with E-state index >= 15 is 0 Å². The van der Waals surface area contributed by atoms with Crippen molar-refractivity contribution in [2.75, 3.05) is 19.0 Å². The van der Waals surface area contributed by atoms with Crippen LogP contribution in [0.15, 0.2) is 116 Å². The number of aromatic nitrogens is 2. The number of hydrogen-bond acceptors (Lipinski definition) is 7. The SMILES string of the molecule is C=CCc1cc(C=Nn2c(-c3cc4cc(Br)ccc4o3)nc3ccccc3c2=O)cc(OC)c1OCC(=O)Nc1ccc(C)cc1. The number of methoxy groups -OCH3 is 1. The lowest BCUT2D eigenvalue weighted by Gasteiger charge is -2.16. The quantitative estimate of drug-likeness (QED) is 0.119. The van der Waals surface area contributed by atoms with Crippen molar-refractivity contribution in [2.24, 2.45) is 5.10 Å². The number of ether oxygens (including phenoxy) is 2. The molecule has 9 nitrogen and oxygen atoms in total. The fraction of sp³-hybridized carbons (Fsp3) is 0.111. The Morgan fingerprint density at radius 2 is 1.89 bits per heavy atom. The first-order valence-corrected chi connectivity index (χ1v) is 15.2. The lowest BCUT2D eigenvalue weighted by molar-refractivity contribution is -0.118. The van der Waals surface area contributed by atoms with E-state index in [1.807, 2.05) is 67.6 Å². The number of anilines is 1. The Hall–Kier alpha value is -5.48. The topological polar surface area (TPSA) is 108 Å². The molecule has 0 aliphatic carbocycles. The highest BCUT2D eigenvalue weighted by atomic mass is 79.9. The van der Waals surface area contributed by atoms with E-state index in [-0.39, 0.29) is 23.9 Å². The number of carbonyl (C=O) groups excluding carboxylic acids is 1. The molecule has 6 aromatic rings. The minimum atomic E-state index is -0.351. The number of rotatable bonds is 10. The number of aryl methyl sites for hydroxylation is 1. The molecule has 4 aromatic carbocycles. The van der Waals surface area contributed by atoms with Gasteiger partial charge in [-0.05, 0) is 79.6 Å². The van der Waals surface area contributed by atoms with Crippen molar-refractivity contribution in [1.82, 2.24) is 9.66 Å². The van der Waals surface area contributed by atoms with Crippen LogP contribution in [0.3, 0.4) is 0 Å². The standard InChI is InChI=1S/C36H29BrN4O5/c1-4-7-24-16-23(17-31(44-3)34(24)45-21-33(42)39-27-13-10-22(2)11-14-27)20-38-41-35(40-29-9-6-5-8-28(29)36(41)43)32-19-25-18-26(37)12-15-30(25)46-32/h4-6,8-20H,1,7,21H2,2-3H3,(H,39,42). The van der Waals surface area contributed by atoms with Crippen molar-refractivity contribution in [3.63, 3.8) is 0 Å². The van der Waals surface area contributed by atoms with E-state index in [1.54, 1.807) is 36.6 Å². The molecule has 6 rings (SSSR count). The maximum absolute atomic E-state index is 13.7. The Morgan fingerprint density at radius 1 is 1.09 bits per heavy atom. The second kappa shape index (κ2) is 13.3. The minimum absolute atomic E-state index is 0.225. The lowest BCUT2D eigenvalue weighted by Crippen LogP contribution is -2.21. The van der Waals surface area contributed by atoms with Crippen molar-refractivity contribution in [2.45, 2.75) is 13.3 Å². The summed E-state index contributed by atoms with van der Waals surface area (Å²) in [7, 11) is 1.52. The highest BCUT2D eigenvalue weighted by Gasteiger charge is 2.18. The van der Waals surface area contributed by atoms with Gasteiger partial charge in [-0.15, -0.1) is 6.58 Å². The molecular formula is C36H29BrN4O5. The van der Waals surface area contributed by atoms with Gasteiger partial charge in [-0.3, -0.25) is 9.59 Å². The zero-order valence-electron chi connectivity index (χ0n) is 25.1. The number of nitrogens with zero attached hydrogens (tertiary/aromatic N) is 3. The van der Waals surface area contributed by atoms with E-state index in [9.17, 15) is 9.59 Å². The van der Waals surface area contributed by atoms with Crippen LogP contribution in [0.4, 0.5) is 5.69 Å². The summed E-state index contributed by atoms with van der Waals surface area (Å²) in [5.41, 5.74) is 3.96. The van der Waals surface area contributed by atoms with Gasteiger partial charge in [0.25, 0.3) is 11.5 Å². The molecule has 0 bridgehead atoms. The van der Waals surface area contributed by atoms with E-state index in [0.717, 1.165) is 21.0 Å². The molecule has 2 aromatic heterocycles. The molecule has 0 fully saturated rings. The summed E-state index contributed by atoms with van der Waals surface area (Å²) in [6, 6.07) is 25.7. The van der Waals surface area contributed by atoms with Gasteiger partial charge in [0.2, 0.25) is 5.82 Å². The summed E-state index contributed by atoms with van der Waals surface area (Å²) in [6.07, 6.45) is 3.71. The van der Waals surface area contributed by atoms with Gasteiger partial charge in [-0.25, -0.2) is 4.98 Å². The van der Waals surface area contributed by atoms with Crippen molar-refractivity contribution < 1.29 is 18.7 Å². The van der Waals surface area contributed by atoms with Gasteiger partial charge in [-0.2, -0.15) is 9.78 Å². The minimum Gasteiger partial charge on any atom is -0.493 e. The van der Waals surface area contributed by atoms with E-state index < -0.39 is 0 Å². The third kappa shape index (κ3) is 6.47. The third-order valence-electron chi connectivity index (χ3n) is 7.20. The number of para-hydroxylation sites is 1. The van der Waals surface area contributed by atoms with Gasteiger partial charge in [0.1, 0.15) is 5.58 Å². The van der Waals surface area contributed by atoms with Gasteiger partial charge in [0.15, 0.2) is 23.9 Å². The van der Waals surface area contributed by atoms with Crippen LogP contribution in [-0.2, 0) is 11.2 Å². The highest BCUT2D eigenvalue weighted by Crippen LogP contribution is 2.34. The number of carbonyl (C=O) groups is 1. The van der Waals surface area contributed by atoms with Crippen LogP contribution in [0.1, 0.15) is 16.7 Å². The average molecular weight is 678 g/mol. The van der Waals surface area contributed by atoms with Gasteiger partial charge in [0, 0.05) is 21.1 Å². The molecule has 0 radical (unpaired) electrons. The van der Waals surface area contributed by atoms with Crippen LogP contribution in [-0.4, -0.2) is 35.5 Å². The summed E-state index contributed by atoms with van der Waals surface area (Å²) >= 11 is 3.49. The molecule has 0 spiro atoms. The van der Waals surface area contributed by atoms with E-state index in [2.05, 4.69) is 32.9 Å². The van der Waals surface area contributed by atoms with Crippen molar-refractivity contribution >= 4 is 55.6 Å². The van der Waals surface area contributed by atoms with Crippen LogP contribution >= 0.6 is 15.9 Å². The molecule has 1 N–H and O–H groups in total. The number of nitrogens with one attached hydrogen (secondary N) is 1. The summed E-state index contributed by atoms with van der Waals surface area (Å²) < 4.78 is 19.8. The Bertz CT molecular complexity index is 2180. The van der Waals surface area contributed by atoms with Crippen molar-refractivity contribution in [3.8, 4) is 23.1 Å². The van der Waals surface area contributed by atoms with Crippen LogP contribution < -0.4 is 20.3 Å². The predicted molar refractivity (Wildman–Crippen MR) is 184 cm³/mol. The molecule has 10 heteroatoms. The second-order valence-electron chi connectivity index (χ2n) is 10.5. The smallest absolute Gasteiger partial charge is 0.282 e. The Labute approximate surface area is 272 Å². The maximum atomic E-state index is 13.7. The monoisotopic (exact) mass is 676 g/mol. The van der Waals surface area contributed by atoms with Crippen LogP contribution in [0.25, 0.3) is 33.5 Å². The van der Waals surface area contributed by atoms with Crippen molar-refractivity contribution in [3.05, 3.63) is 129 Å². The molecular weight excluding hydrogens is 648 g/mol. The molecule has 0 unspecified atom stereocenters. The zero-order valence-corrected chi connectivity index (χ0v) is 26.7. The first-order valence-electron chi connectivity index (χ1n) is 14.4. The Kier molecular flexibility index (Phi) is 8.80. The molecule has 0 saturated heterocycles. The Morgan fingerprint density at radius 3 is 2.67 bits per heavy atom. The van der Waals surface area contributed by atoms with Crippen LogP contribution in [0, 0.1) is 6.92 Å². The zero-order chi connectivity index (χ0) is 32.2. The second-order valence-corrected chi connectivity index (χ2v) is 11.4. The molecule has 0 aliphatic rings. The van der Waals surface area contributed by atoms with Gasteiger partial charge < -0.3 is 19.2 Å². The summed E-state index contributed by atoms with van der Waals surface area (Å²) in [5, 5.41) is 8.68. The van der Waals surface area contributed by atoms with Crippen LogP contribution in [0.2, 0.25) is 0 Å². The number of hydrogen-bond donors (Lipinski definition) is 1. The van der Waals surface area contributed by atoms with Crippen molar-refractivity contribution in [1.29, 1.82) is 0 Å². The first-order chi connectivity index (χ1) is 22.3. The fourth-order valence-corrected chi connectivity index (χ4v) is 5.37. The summed E-state index contributed by atoms with van der Waals surface area (Å²) in [5.74, 6) is 1.15. The number of allylic oxidation sites excluding steroid dienone is 1. The average Bonchev–Trinajstić information content (AvgIpc) is 3.48. The highest BCUT2D eigenvalue weighted by molar-refractivity contribution is 9.10. The molecule has 46 heavy (non-hydrogen) atoms. The third-order valence-corrected chi connectivity index (χ3v) is 7.69. The normalized spacial score (nSPS) is 11.3. The van der Waals surface area contributed by atoms with E-state index in [4.69, 9.17) is 18.9 Å².